The quantitative estimate of drug-likeness (QED) is 0.346. The van der Waals surface area contributed by atoms with E-state index in [0.717, 1.165) is 6.42 Å². The number of anilines is 1. The van der Waals surface area contributed by atoms with E-state index in [1.807, 2.05) is 19.1 Å². The molecular formula is C21H25N5O2S. The summed E-state index contributed by atoms with van der Waals surface area (Å²) >= 11 is 1.25. The maximum absolute atomic E-state index is 12.8. The van der Waals surface area contributed by atoms with Crippen molar-refractivity contribution >= 4 is 34.4 Å². The predicted octanol–water partition coefficient (Wildman–Crippen LogP) is 3.87. The summed E-state index contributed by atoms with van der Waals surface area (Å²) in [6, 6.07) is 9.17. The van der Waals surface area contributed by atoms with Gasteiger partial charge < -0.3 is 5.32 Å². The number of benzene rings is 1. The number of fused-ring (bicyclic) bond motifs is 1. The maximum atomic E-state index is 12.8. The zero-order valence-electron chi connectivity index (χ0n) is 16.8. The summed E-state index contributed by atoms with van der Waals surface area (Å²) in [6.45, 7) is 9.97. The summed E-state index contributed by atoms with van der Waals surface area (Å²) in [4.78, 5) is 30.3. The van der Waals surface area contributed by atoms with Crippen molar-refractivity contribution in [1.29, 1.82) is 0 Å². The van der Waals surface area contributed by atoms with Crippen LogP contribution in [0.25, 0.3) is 10.9 Å². The Hall–Kier alpha value is -2.87. The largest absolute Gasteiger partial charge is 0.310 e. The molecule has 2 heterocycles. The van der Waals surface area contributed by atoms with Gasteiger partial charge in [-0.1, -0.05) is 36.9 Å². The monoisotopic (exact) mass is 411 g/mol. The third-order valence-corrected chi connectivity index (χ3v) is 5.81. The molecule has 1 N–H and O–H groups in total. The molecule has 0 radical (unpaired) electrons. The van der Waals surface area contributed by atoms with Gasteiger partial charge in [-0.25, -0.2) is 9.67 Å². The standard InChI is InChI=1S/C21H25N5O2S/c1-5-13-25-20(28)16-9-7-8-10-17(16)23-21(25)29-15(4)19(27)24-18-11-12-22-26(18)14(3)6-2/h5,7-12,14-15H,1,6,13H2,2-4H3,(H,24,27)/t14-,15+/m1/s1. The van der Waals surface area contributed by atoms with Crippen LogP contribution in [-0.2, 0) is 11.3 Å². The minimum absolute atomic E-state index is 0.138. The molecule has 3 aromatic rings. The van der Waals surface area contributed by atoms with Crippen molar-refractivity contribution in [2.75, 3.05) is 5.32 Å². The molecule has 3 rings (SSSR count). The second-order valence-corrected chi connectivity index (χ2v) is 8.09. The van der Waals surface area contributed by atoms with Crippen molar-refractivity contribution in [3.63, 3.8) is 0 Å². The molecule has 152 valence electrons. The number of allylic oxidation sites excluding steroid dienone is 1. The van der Waals surface area contributed by atoms with Crippen molar-refractivity contribution < 1.29 is 4.79 Å². The van der Waals surface area contributed by atoms with E-state index >= 15 is 0 Å². The Bertz CT molecular complexity index is 1090. The van der Waals surface area contributed by atoms with E-state index in [0.29, 0.717) is 28.4 Å². The Balaban J connectivity index is 1.85. The Morgan fingerprint density at radius 1 is 1.31 bits per heavy atom. The molecule has 1 aromatic carbocycles. The van der Waals surface area contributed by atoms with Crippen LogP contribution in [0.15, 0.2) is 59.1 Å². The number of nitrogens with one attached hydrogen (secondary N) is 1. The Labute approximate surface area is 173 Å². The second-order valence-electron chi connectivity index (χ2n) is 6.78. The highest BCUT2D eigenvalue weighted by molar-refractivity contribution is 8.00. The molecule has 2 aromatic heterocycles. The lowest BCUT2D eigenvalue weighted by Crippen LogP contribution is -2.27. The molecule has 0 bridgehead atoms. The fourth-order valence-corrected chi connectivity index (χ4v) is 3.82. The van der Waals surface area contributed by atoms with Gasteiger partial charge in [0, 0.05) is 12.6 Å². The first-order valence-electron chi connectivity index (χ1n) is 9.57. The van der Waals surface area contributed by atoms with E-state index in [-0.39, 0.29) is 17.5 Å². The van der Waals surface area contributed by atoms with Crippen LogP contribution in [0.2, 0.25) is 0 Å². The zero-order valence-corrected chi connectivity index (χ0v) is 17.6. The SMILES string of the molecule is C=CCn1c(S[C@@H](C)C(=O)Nc2ccnn2[C@H](C)CC)nc2ccccc2c1=O. The van der Waals surface area contributed by atoms with Gasteiger partial charge in [0.05, 0.1) is 28.4 Å². The third kappa shape index (κ3) is 4.42. The number of rotatable bonds is 8. The number of hydrogen-bond acceptors (Lipinski definition) is 5. The van der Waals surface area contributed by atoms with Gasteiger partial charge in [0.2, 0.25) is 5.91 Å². The summed E-state index contributed by atoms with van der Waals surface area (Å²) in [5.74, 6) is 0.486. The van der Waals surface area contributed by atoms with Crippen LogP contribution in [0, 0.1) is 0 Å². The lowest BCUT2D eigenvalue weighted by molar-refractivity contribution is -0.115. The van der Waals surface area contributed by atoms with Crippen LogP contribution >= 0.6 is 11.8 Å². The van der Waals surface area contributed by atoms with Gasteiger partial charge in [-0.15, -0.1) is 6.58 Å². The van der Waals surface area contributed by atoms with E-state index < -0.39 is 5.25 Å². The number of para-hydroxylation sites is 1. The Morgan fingerprint density at radius 2 is 2.07 bits per heavy atom. The number of nitrogens with zero attached hydrogens (tertiary/aromatic N) is 4. The van der Waals surface area contributed by atoms with Crippen molar-refractivity contribution in [1.82, 2.24) is 19.3 Å². The average molecular weight is 412 g/mol. The van der Waals surface area contributed by atoms with Gasteiger partial charge in [0.1, 0.15) is 5.82 Å². The molecule has 0 aliphatic rings. The molecule has 2 atom stereocenters. The maximum Gasteiger partial charge on any atom is 0.262 e. The number of aromatic nitrogens is 4. The van der Waals surface area contributed by atoms with Gasteiger partial charge in [0.15, 0.2) is 5.16 Å². The van der Waals surface area contributed by atoms with Gasteiger partial charge in [-0.3, -0.25) is 14.2 Å². The third-order valence-electron chi connectivity index (χ3n) is 4.72. The highest BCUT2D eigenvalue weighted by atomic mass is 32.2. The Kier molecular flexibility index (Phi) is 6.53. The fraction of sp³-hybridized carbons (Fsp3) is 0.333. The molecule has 8 heteroatoms. The first-order valence-corrected chi connectivity index (χ1v) is 10.5. The minimum Gasteiger partial charge on any atom is -0.310 e. The number of carbonyl (C=O) groups is 1. The van der Waals surface area contributed by atoms with Crippen LogP contribution in [0.1, 0.15) is 33.2 Å². The van der Waals surface area contributed by atoms with E-state index in [2.05, 4.69) is 28.9 Å². The molecule has 0 saturated carbocycles. The van der Waals surface area contributed by atoms with E-state index in [4.69, 9.17) is 0 Å². The van der Waals surface area contributed by atoms with Gasteiger partial charge in [-0.05, 0) is 32.4 Å². The van der Waals surface area contributed by atoms with E-state index in [1.54, 1.807) is 46.6 Å². The lowest BCUT2D eigenvalue weighted by atomic mass is 10.2. The first kappa shape index (κ1) is 20.9. The highest BCUT2D eigenvalue weighted by Crippen LogP contribution is 2.24. The van der Waals surface area contributed by atoms with Crippen LogP contribution < -0.4 is 10.9 Å². The summed E-state index contributed by atoms with van der Waals surface area (Å²) in [5.41, 5.74) is 0.475. The van der Waals surface area contributed by atoms with Crippen molar-refractivity contribution in [2.24, 2.45) is 0 Å². The molecule has 0 saturated heterocycles. The molecule has 0 unspecified atom stereocenters. The highest BCUT2D eigenvalue weighted by Gasteiger charge is 2.21. The molecule has 29 heavy (non-hydrogen) atoms. The number of carbonyl (C=O) groups excluding carboxylic acids is 1. The van der Waals surface area contributed by atoms with Crippen molar-refractivity contribution in [2.45, 2.75) is 50.2 Å². The van der Waals surface area contributed by atoms with Crippen LogP contribution in [0.4, 0.5) is 5.82 Å². The predicted molar refractivity (Wildman–Crippen MR) is 117 cm³/mol. The summed E-state index contributed by atoms with van der Waals surface area (Å²) < 4.78 is 3.35. The molecule has 0 aliphatic carbocycles. The molecule has 1 amide bonds. The van der Waals surface area contributed by atoms with Crippen molar-refractivity contribution in [3.8, 4) is 0 Å². The smallest absolute Gasteiger partial charge is 0.262 e. The fourth-order valence-electron chi connectivity index (χ4n) is 2.90. The normalized spacial score (nSPS) is 13.2. The molecule has 7 nitrogen and oxygen atoms in total. The summed E-state index contributed by atoms with van der Waals surface area (Å²) in [5, 5.41) is 7.81. The van der Waals surface area contributed by atoms with Gasteiger partial charge >= 0.3 is 0 Å². The lowest BCUT2D eigenvalue weighted by Gasteiger charge is -2.17. The van der Waals surface area contributed by atoms with E-state index in [9.17, 15) is 9.59 Å². The zero-order chi connectivity index (χ0) is 21.0. The van der Waals surface area contributed by atoms with Gasteiger partial charge in [0.25, 0.3) is 5.56 Å². The molecule has 0 spiro atoms. The average Bonchev–Trinajstić information content (AvgIpc) is 3.18. The van der Waals surface area contributed by atoms with Crippen molar-refractivity contribution in [3.05, 3.63) is 59.5 Å². The second kappa shape index (κ2) is 9.09. The molecule has 0 fully saturated rings. The van der Waals surface area contributed by atoms with E-state index in [1.165, 1.54) is 11.8 Å². The number of hydrogen-bond donors (Lipinski definition) is 1. The summed E-state index contributed by atoms with van der Waals surface area (Å²) in [7, 11) is 0. The first-order chi connectivity index (χ1) is 14.0. The molecule has 0 aliphatic heterocycles. The Morgan fingerprint density at radius 3 is 2.79 bits per heavy atom. The number of amides is 1. The number of thioether (sulfide) groups is 1. The summed E-state index contributed by atoms with van der Waals surface area (Å²) in [6.07, 6.45) is 4.23. The van der Waals surface area contributed by atoms with Crippen LogP contribution in [0.5, 0.6) is 0 Å². The topological polar surface area (TPSA) is 81.8 Å². The van der Waals surface area contributed by atoms with Crippen LogP contribution in [0.3, 0.4) is 0 Å². The minimum atomic E-state index is -0.459. The van der Waals surface area contributed by atoms with Crippen LogP contribution in [-0.4, -0.2) is 30.5 Å². The van der Waals surface area contributed by atoms with Gasteiger partial charge in [-0.2, -0.15) is 5.10 Å². The molecular weight excluding hydrogens is 386 g/mol.